The van der Waals surface area contributed by atoms with Crippen LogP contribution >= 0.6 is 0 Å². The smallest absolute Gasteiger partial charge is 0.225 e. The van der Waals surface area contributed by atoms with Crippen LogP contribution < -0.4 is 15.5 Å². The van der Waals surface area contributed by atoms with Crippen LogP contribution in [0.4, 0.5) is 5.95 Å². The fourth-order valence-corrected chi connectivity index (χ4v) is 3.93. The van der Waals surface area contributed by atoms with Gasteiger partial charge in [-0.25, -0.2) is 9.97 Å². The summed E-state index contributed by atoms with van der Waals surface area (Å²) in [7, 11) is 0. The molecule has 3 rings (SSSR count). The van der Waals surface area contributed by atoms with Crippen LogP contribution in [-0.4, -0.2) is 73.2 Å². The summed E-state index contributed by atoms with van der Waals surface area (Å²) in [6.45, 7) is 10.1. The Labute approximate surface area is 175 Å². The van der Waals surface area contributed by atoms with Crippen molar-refractivity contribution in [3.63, 3.8) is 0 Å². The first-order chi connectivity index (χ1) is 14.3. The third-order valence-corrected chi connectivity index (χ3v) is 5.58. The molecule has 1 aromatic rings. The number of nitrogens with zero attached hydrogens (tertiary/aromatic N) is 5. The summed E-state index contributed by atoms with van der Waals surface area (Å²) in [5.41, 5.74) is 1.61. The number of aromatic nitrogens is 2. The van der Waals surface area contributed by atoms with E-state index in [9.17, 15) is 0 Å². The van der Waals surface area contributed by atoms with Crippen LogP contribution in [-0.2, 0) is 0 Å². The van der Waals surface area contributed by atoms with Gasteiger partial charge in [0.05, 0.1) is 0 Å². The zero-order chi connectivity index (χ0) is 20.2. The lowest BCUT2D eigenvalue weighted by Crippen LogP contribution is -2.47. The Bertz CT molecular complexity index is 636. The highest BCUT2D eigenvalue weighted by Gasteiger charge is 2.18. The number of hydrogen-bond donors (Lipinski definition) is 2. The van der Waals surface area contributed by atoms with Crippen molar-refractivity contribution in [2.45, 2.75) is 45.4 Å². The van der Waals surface area contributed by atoms with E-state index in [0.717, 1.165) is 77.1 Å². The predicted octanol–water partition coefficient (Wildman–Crippen LogP) is 2.43. The highest BCUT2D eigenvalue weighted by Crippen LogP contribution is 2.19. The summed E-state index contributed by atoms with van der Waals surface area (Å²) in [4.78, 5) is 18.3. The Morgan fingerprint density at radius 2 is 1.93 bits per heavy atom. The number of rotatable bonds is 9. The second kappa shape index (κ2) is 12.4. The van der Waals surface area contributed by atoms with Crippen molar-refractivity contribution in [3.8, 4) is 0 Å². The van der Waals surface area contributed by atoms with Gasteiger partial charge in [-0.2, -0.15) is 0 Å². The summed E-state index contributed by atoms with van der Waals surface area (Å²) in [6, 6.07) is 1.87. The number of hydrogen-bond acceptors (Lipinski definition) is 5. The summed E-state index contributed by atoms with van der Waals surface area (Å²) >= 11 is 0. The molecule has 29 heavy (non-hydrogen) atoms. The average Bonchev–Trinajstić information content (AvgIpc) is 2.78. The van der Waals surface area contributed by atoms with Gasteiger partial charge in [0.1, 0.15) is 0 Å². The van der Waals surface area contributed by atoms with E-state index in [0.29, 0.717) is 0 Å². The van der Waals surface area contributed by atoms with Gasteiger partial charge in [-0.3, -0.25) is 9.89 Å². The molecule has 0 atom stereocenters. The SMILES string of the molecule is CCNC(=NCCCN1CCN(c2ncccn2)CC1)NCCC1=CCCCC1. The zero-order valence-electron chi connectivity index (χ0n) is 17.9. The van der Waals surface area contributed by atoms with Crippen LogP contribution in [0.3, 0.4) is 0 Å². The van der Waals surface area contributed by atoms with Crippen molar-refractivity contribution in [1.29, 1.82) is 0 Å². The lowest BCUT2D eigenvalue weighted by Gasteiger charge is -2.34. The van der Waals surface area contributed by atoms with E-state index in [-0.39, 0.29) is 0 Å². The highest BCUT2D eigenvalue weighted by atomic mass is 15.3. The Kier molecular flexibility index (Phi) is 9.23. The van der Waals surface area contributed by atoms with E-state index in [2.05, 4.69) is 43.4 Å². The normalized spacial score (nSPS) is 18.4. The van der Waals surface area contributed by atoms with E-state index in [1.807, 2.05) is 18.5 Å². The molecule has 2 aliphatic rings. The minimum atomic E-state index is 0.849. The fourth-order valence-electron chi connectivity index (χ4n) is 3.93. The topological polar surface area (TPSA) is 68.7 Å². The van der Waals surface area contributed by atoms with Crippen molar-refractivity contribution in [3.05, 3.63) is 30.1 Å². The van der Waals surface area contributed by atoms with Crippen LogP contribution in [0, 0.1) is 0 Å². The summed E-state index contributed by atoms with van der Waals surface area (Å²) in [6.07, 6.45) is 13.5. The van der Waals surface area contributed by atoms with Gasteiger partial charge in [-0.05, 0) is 51.5 Å². The van der Waals surface area contributed by atoms with Gasteiger partial charge in [0, 0.05) is 64.8 Å². The monoisotopic (exact) mass is 399 g/mol. The largest absolute Gasteiger partial charge is 0.357 e. The Morgan fingerprint density at radius 3 is 2.66 bits per heavy atom. The Balaban J connectivity index is 1.31. The molecule has 7 heteroatoms. The molecule has 1 aliphatic carbocycles. The van der Waals surface area contributed by atoms with Gasteiger partial charge in [0.15, 0.2) is 5.96 Å². The lowest BCUT2D eigenvalue weighted by atomic mass is 9.97. The second-order valence-corrected chi connectivity index (χ2v) is 7.78. The molecule has 160 valence electrons. The maximum atomic E-state index is 4.76. The van der Waals surface area contributed by atoms with Gasteiger partial charge < -0.3 is 15.5 Å². The molecular formula is C22H37N7. The zero-order valence-corrected chi connectivity index (χ0v) is 17.9. The Hall–Kier alpha value is -2.15. The van der Waals surface area contributed by atoms with Gasteiger partial charge in [0.2, 0.25) is 5.95 Å². The van der Waals surface area contributed by atoms with Gasteiger partial charge in [-0.15, -0.1) is 0 Å². The van der Waals surface area contributed by atoms with Gasteiger partial charge in [0.25, 0.3) is 0 Å². The van der Waals surface area contributed by atoms with Crippen molar-refractivity contribution in [2.24, 2.45) is 4.99 Å². The number of nitrogens with one attached hydrogen (secondary N) is 2. The number of allylic oxidation sites excluding steroid dienone is 1. The molecule has 2 N–H and O–H groups in total. The van der Waals surface area contributed by atoms with E-state index >= 15 is 0 Å². The van der Waals surface area contributed by atoms with Gasteiger partial charge in [-0.1, -0.05) is 11.6 Å². The molecule has 0 aromatic carbocycles. The second-order valence-electron chi connectivity index (χ2n) is 7.78. The average molecular weight is 400 g/mol. The predicted molar refractivity (Wildman–Crippen MR) is 120 cm³/mol. The molecule has 7 nitrogen and oxygen atoms in total. The summed E-state index contributed by atoms with van der Waals surface area (Å²) < 4.78 is 0. The van der Waals surface area contributed by atoms with Crippen molar-refractivity contribution >= 4 is 11.9 Å². The van der Waals surface area contributed by atoms with Crippen LogP contribution in [0.2, 0.25) is 0 Å². The Morgan fingerprint density at radius 1 is 1.10 bits per heavy atom. The molecule has 1 aromatic heterocycles. The highest BCUT2D eigenvalue weighted by molar-refractivity contribution is 5.79. The van der Waals surface area contributed by atoms with E-state index in [1.54, 1.807) is 5.57 Å². The fraction of sp³-hybridized carbons (Fsp3) is 0.682. The molecule has 0 amide bonds. The first kappa shape index (κ1) is 21.6. The minimum Gasteiger partial charge on any atom is -0.357 e. The summed E-state index contributed by atoms with van der Waals surface area (Å²) in [5, 5.41) is 6.86. The lowest BCUT2D eigenvalue weighted by molar-refractivity contribution is 0.255. The maximum absolute atomic E-state index is 4.76. The third-order valence-electron chi connectivity index (χ3n) is 5.58. The quantitative estimate of drug-likeness (QED) is 0.288. The van der Waals surface area contributed by atoms with Crippen LogP contribution in [0.1, 0.15) is 45.4 Å². The molecule has 0 unspecified atom stereocenters. The van der Waals surface area contributed by atoms with Crippen molar-refractivity contribution in [2.75, 3.05) is 57.3 Å². The number of aliphatic imine (C=N–C) groups is 1. The first-order valence-electron chi connectivity index (χ1n) is 11.3. The van der Waals surface area contributed by atoms with Crippen LogP contribution in [0.25, 0.3) is 0 Å². The van der Waals surface area contributed by atoms with Gasteiger partial charge >= 0.3 is 0 Å². The minimum absolute atomic E-state index is 0.849. The standard InChI is InChI=1S/C22H37N7/c1-2-23-21(25-14-10-20-8-4-3-5-9-20)24-13-7-15-28-16-18-29(19-17-28)22-26-11-6-12-27-22/h6,8,11-12H,2-5,7,9-10,13-19H2,1H3,(H2,23,24,25). The first-order valence-corrected chi connectivity index (χ1v) is 11.3. The molecule has 1 saturated heterocycles. The molecule has 0 spiro atoms. The maximum Gasteiger partial charge on any atom is 0.225 e. The molecule has 0 saturated carbocycles. The molecule has 1 fully saturated rings. The van der Waals surface area contributed by atoms with E-state index < -0.39 is 0 Å². The van der Waals surface area contributed by atoms with Crippen LogP contribution in [0.15, 0.2) is 35.1 Å². The number of anilines is 1. The number of guanidine groups is 1. The van der Waals surface area contributed by atoms with Crippen molar-refractivity contribution in [1.82, 2.24) is 25.5 Å². The molecule has 0 radical (unpaired) electrons. The summed E-state index contributed by atoms with van der Waals surface area (Å²) in [5.74, 6) is 1.80. The van der Waals surface area contributed by atoms with Crippen molar-refractivity contribution < 1.29 is 0 Å². The van der Waals surface area contributed by atoms with E-state index in [4.69, 9.17) is 4.99 Å². The third kappa shape index (κ3) is 7.65. The molecule has 0 bridgehead atoms. The molecular weight excluding hydrogens is 362 g/mol. The molecule has 1 aliphatic heterocycles. The van der Waals surface area contributed by atoms with E-state index in [1.165, 1.54) is 25.7 Å². The van der Waals surface area contributed by atoms with Crippen LogP contribution in [0.5, 0.6) is 0 Å². The number of piperazine rings is 1. The molecule has 2 heterocycles.